The second kappa shape index (κ2) is 17.2. The summed E-state index contributed by atoms with van der Waals surface area (Å²) in [6.07, 6.45) is 0.318. The molecule has 0 bridgehead atoms. The van der Waals surface area contributed by atoms with Crippen LogP contribution in [0.2, 0.25) is 0 Å². The van der Waals surface area contributed by atoms with Gasteiger partial charge in [0.2, 0.25) is 11.8 Å². The number of amides is 2. The number of aliphatic hydroxyl groups excluding tert-OH is 2. The van der Waals surface area contributed by atoms with Crippen LogP contribution in [0.4, 0.5) is 0 Å². The number of halogens is 1. The lowest BCUT2D eigenvalue weighted by atomic mass is 9.87. The molecular formula is C31H39IN2O10. The van der Waals surface area contributed by atoms with E-state index in [-0.39, 0.29) is 62.1 Å². The van der Waals surface area contributed by atoms with Gasteiger partial charge < -0.3 is 44.1 Å². The van der Waals surface area contributed by atoms with Crippen LogP contribution in [-0.2, 0) is 20.7 Å². The van der Waals surface area contributed by atoms with Crippen LogP contribution in [-0.4, -0.2) is 106 Å². The topological polar surface area (TPSA) is 153 Å². The third-order valence-electron chi connectivity index (χ3n) is 7.21. The molecule has 44 heavy (non-hydrogen) atoms. The first-order chi connectivity index (χ1) is 21.2. The Hall–Kier alpha value is -3.40. The first kappa shape index (κ1) is 35.1. The summed E-state index contributed by atoms with van der Waals surface area (Å²) in [5.41, 5.74) is 1.45. The first-order valence-corrected chi connectivity index (χ1v) is 15.1. The molecule has 2 aromatic carbocycles. The minimum atomic E-state index is -1.26. The predicted molar refractivity (Wildman–Crippen MR) is 170 cm³/mol. The third-order valence-corrected chi connectivity index (χ3v) is 8.01. The maximum atomic E-state index is 13.6. The summed E-state index contributed by atoms with van der Waals surface area (Å²) >= 11 is 2.00. The van der Waals surface area contributed by atoms with Crippen molar-refractivity contribution in [1.29, 1.82) is 0 Å². The lowest BCUT2D eigenvalue weighted by Gasteiger charge is -2.41. The highest BCUT2D eigenvalue weighted by Gasteiger charge is 2.41. The van der Waals surface area contributed by atoms with E-state index in [4.69, 9.17) is 23.7 Å². The Morgan fingerprint density at radius 2 is 1.84 bits per heavy atom. The van der Waals surface area contributed by atoms with Gasteiger partial charge in [0.15, 0.2) is 11.5 Å². The number of aliphatic hydroxyl groups is 2. The van der Waals surface area contributed by atoms with E-state index in [1.54, 1.807) is 37.3 Å². The summed E-state index contributed by atoms with van der Waals surface area (Å²) in [5, 5.41) is 23.6. The van der Waals surface area contributed by atoms with Crippen LogP contribution < -0.4 is 24.3 Å². The number of hydrogen-bond acceptors (Lipinski definition) is 10. The molecular weight excluding hydrogens is 687 g/mol. The van der Waals surface area contributed by atoms with Gasteiger partial charge in [-0.3, -0.25) is 14.4 Å². The molecule has 0 saturated heterocycles. The molecule has 1 aliphatic rings. The van der Waals surface area contributed by atoms with Crippen molar-refractivity contribution in [2.45, 2.75) is 37.5 Å². The van der Waals surface area contributed by atoms with Crippen molar-refractivity contribution in [2.24, 2.45) is 0 Å². The molecule has 3 atom stereocenters. The summed E-state index contributed by atoms with van der Waals surface area (Å²) in [6.45, 7) is 0.118. The molecule has 12 nitrogen and oxygen atoms in total. The van der Waals surface area contributed by atoms with Gasteiger partial charge in [0.1, 0.15) is 30.0 Å². The molecule has 0 radical (unpaired) electrons. The molecule has 0 saturated carbocycles. The number of methoxy groups -OCH3 is 4. The number of aldehydes is 1. The van der Waals surface area contributed by atoms with Gasteiger partial charge in [-0.25, -0.2) is 0 Å². The van der Waals surface area contributed by atoms with E-state index in [1.165, 1.54) is 26.4 Å². The molecule has 0 spiro atoms. The average molecular weight is 727 g/mol. The molecule has 0 fully saturated rings. The van der Waals surface area contributed by atoms with Gasteiger partial charge in [-0.15, -0.1) is 0 Å². The summed E-state index contributed by atoms with van der Waals surface area (Å²) in [4.78, 5) is 39.7. The van der Waals surface area contributed by atoms with Crippen molar-refractivity contribution < 1.29 is 48.3 Å². The van der Waals surface area contributed by atoms with E-state index in [0.29, 0.717) is 33.3 Å². The maximum absolute atomic E-state index is 13.6. The number of carbonyl (C=O) groups excluding carboxylic acids is 3. The smallest absolute Gasteiger partial charge is 0.247 e. The highest BCUT2D eigenvalue weighted by molar-refractivity contribution is 14.1. The fourth-order valence-electron chi connectivity index (χ4n) is 4.96. The fraction of sp³-hybridized carbons (Fsp3) is 0.452. The van der Waals surface area contributed by atoms with E-state index in [0.717, 1.165) is 5.56 Å². The van der Waals surface area contributed by atoms with E-state index in [1.807, 2.05) is 28.7 Å². The molecule has 0 aromatic heterocycles. The Morgan fingerprint density at radius 3 is 2.48 bits per heavy atom. The zero-order valence-corrected chi connectivity index (χ0v) is 27.4. The molecule has 13 heteroatoms. The SMILES string of the molecule is COCCC(=O)N(CCc1cc(OC)ccc1OC)[C@@H]1CC(C(=O)NCCO)=C[C@H](Oc2c(I)cc(C=O)cc2OC)[C@H]1O. The number of hydrogen-bond donors (Lipinski definition) is 3. The second-order valence-electron chi connectivity index (χ2n) is 9.93. The lowest BCUT2D eigenvalue weighted by Crippen LogP contribution is -2.55. The normalized spacial score (nSPS) is 17.7. The van der Waals surface area contributed by atoms with Crippen molar-refractivity contribution >= 4 is 40.7 Å². The third kappa shape index (κ3) is 8.83. The van der Waals surface area contributed by atoms with Crippen LogP contribution in [0.5, 0.6) is 23.0 Å². The average Bonchev–Trinajstić information content (AvgIpc) is 3.04. The second-order valence-corrected chi connectivity index (χ2v) is 11.1. The van der Waals surface area contributed by atoms with Crippen molar-refractivity contribution in [1.82, 2.24) is 10.2 Å². The number of ether oxygens (including phenoxy) is 5. The molecule has 3 rings (SSSR count). The van der Waals surface area contributed by atoms with Gasteiger partial charge >= 0.3 is 0 Å². The van der Waals surface area contributed by atoms with Gasteiger partial charge in [-0.1, -0.05) is 0 Å². The standard InChI is InChI=1S/C31H39IN2O10/c1-40-12-8-28(37)34(10-7-20-15-22(41-2)5-6-25(20)42-3)24-16-21(31(39)33-9-11-35)17-26(29(24)38)44-30-23(32)13-19(18-36)14-27(30)43-4/h5-6,13-15,17-18,24,26,29,35,38H,7-12,16H2,1-4H3,(H,33,39)/t24-,26+,29+/m1/s1. The van der Waals surface area contributed by atoms with Crippen LogP contribution in [0, 0.1) is 3.57 Å². The number of nitrogens with zero attached hydrogens (tertiary/aromatic N) is 1. The largest absolute Gasteiger partial charge is 0.497 e. The summed E-state index contributed by atoms with van der Waals surface area (Å²) in [6, 6.07) is 7.64. The fourth-order valence-corrected chi connectivity index (χ4v) is 5.72. The van der Waals surface area contributed by atoms with Crippen LogP contribution in [0.25, 0.3) is 0 Å². The van der Waals surface area contributed by atoms with Gasteiger partial charge in [-0.05, 0) is 71.0 Å². The Kier molecular flexibility index (Phi) is 13.7. The van der Waals surface area contributed by atoms with E-state index >= 15 is 0 Å². The van der Waals surface area contributed by atoms with Crippen LogP contribution in [0.1, 0.15) is 28.8 Å². The van der Waals surface area contributed by atoms with Crippen molar-refractivity contribution in [2.75, 3.05) is 54.7 Å². The van der Waals surface area contributed by atoms with Gasteiger partial charge in [-0.2, -0.15) is 0 Å². The molecule has 240 valence electrons. The lowest BCUT2D eigenvalue weighted by molar-refractivity contribution is -0.139. The molecule has 3 N–H and O–H groups in total. The highest BCUT2D eigenvalue weighted by Crippen LogP contribution is 2.37. The van der Waals surface area contributed by atoms with E-state index in [9.17, 15) is 24.6 Å². The number of carbonyl (C=O) groups is 3. The minimum Gasteiger partial charge on any atom is -0.497 e. The zero-order chi connectivity index (χ0) is 32.2. The monoisotopic (exact) mass is 726 g/mol. The maximum Gasteiger partial charge on any atom is 0.247 e. The Bertz CT molecular complexity index is 1330. The van der Waals surface area contributed by atoms with Gasteiger partial charge in [0, 0.05) is 37.8 Å². The van der Waals surface area contributed by atoms with Crippen LogP contribution >= 0.6 is 22.6 Å². The Labute approximate surface area is 270 Å². The summed E-state index contributed by atoms with van der Waals surface area (Å²) < 4.78 is 28.3. The summed E-state index contributed by atoms with van der Waals surface area (Å²) in [7, 11) is 6.04. The number of rotatable bonds is 16. The molecule has 0 heterocycles. The number of benzene rings is 2. The van der Waals surface area contributed by atoms with E-state index in [2.05, 4.69) is 5.32 Å². The quantitative estimate of drug-likeness (QED) is 0.173. The first-order valence-electron chi connectivity index (χ1n) is 14.0. The van der Waals surface area contributed by atoms with Crippen LogP contribution in [0.15, 0.2) is 42.0 Å². The zero-order valence-electron chi connectivity index (χ0n) is 25.2. The van der Waals surface area contributed by atoms with Gasteiger partial charge in [0.25, 0.3) is 0 Å². The van der Waals surface area contributed by atoms with Crippen molar-refractivity contribution in [3.05, 3.63) is 56.7 Å². The Morgan fingerprint density at radius 1 is 1.09 bits per heavy atom. The van der Waals surface area contributed by atoms with Crippen molar-refractivity contribution in [3.63, 3.8) is 0 Å². The minimum absolute atomic E-state index is 0.0277. The van der Waals surface area contributed by atoms with Crippen LogP contribution in [0.3, 0.4) is 0 Å². The van der Waals surface area contributed by atoms with Crippen molar-refractivity contribution in [3.8, 4) is 23.0 Å². The highest BCUT2D eigenvalue weighted by atomic mass is 127. The Balaban J connectivity index is 2.03. The summed E-state index contributed by atoms with van der Waals surface area (Å²) in [5.74, 6) is 1.04. The molecule has 0 unspecified atom stereocenters. The molecule has 1 aliphatic carbocycles. The molecule has 0 aliphatic heterocycles. The number of nitrogens with one attached hydrogen (secondary N) is 1. The molecule has 2 amide bonds. The van der Waals surface area contributed by atoms with Gasteiger partial charge in [0.05, 0.1) is 50.6 Å². The predicted octanol–water partition coefficient (Wildman–Crippen LogP) is 2.15. The molecule has 2 aromatic rings. The van der Waals surface area contributed by atoms with E-state index < -0.39 is 24.2 Å².